The zero-order chi connectivity index (χ0) is 14.8. The summed E-state index contributed by atoms with van der Waals surface area (Å²) in [6, 6.07) is 7.85. The Bertz CT molecular complexity index is 502. The quantitative estimate of drug-likeness (QED) is 0.632. The van der Waals surface area contributed by atoms with Crippen molar-refractivity contribution in [1.29, 1.82) is 0 Å². The van der Waals surface area contributed by atoms with Crippen LogP contribution in [0.25, 0.3) is 0 Å². The van der Waals surface area contributed by atoms with Crippen molar-refractivity contribution in [1.82, 2.24) is 4.90 Å². The van der Waals surface area contributed by atoms with E-state index in [9.17, 15) is 4.79 Å². The van der Waals surface area contributed by atoms with Gasteiger partial charge in [-0.3, -0.25) is 4.79 Å². The largest absolute Gasteiger partial charge is 0.411 e. The smallest absolute Gasteiger partial charge is 0.253 e. The van der Waals surface area contributed by atoms with E-state index < -0.39 is 0 Å². The summed E-state index contributed by atoms with van der Waals surface area (Å²) >= 11 is 0. The molecule has 1 heterocycles. The third-order valence-electron chi connectivity index (χ3n) is 3.77. The summed E-state index contributed by atoms with van der Waals surface area (Å²) < 4.78 is 0. The van der Waals surface area contributed by atoms with E-state index in [1.807, 2.05) is 29.2 Å². The maximum absolute atomic E-state index is 12.4. The minimum absolute atomic E-state index is 0.0578. The van der Waals surface area contributed by atoms with Crippen molar-refractivity contribution in [2.45, 2.75) is 39.0 Å². The van der Waals surface area contributed by atoms with Crippen molar-refractivity contribution in [3.05, 3.63) is 35.4 Å². The molecule has 20 heavy (non-hydrogen) atoms. The standard InChI is InChI=1S/C16H22N2O2/c1-16(2,3)13-6-4-12(5-7-13)15(19)18-10-8-14(17-20)9-11-18/h4-7,20H,8-11H2,1-3H3. The van der Waals surface area contributed by atoms with Crippen molar-refractivity contribution in [2.75, 3.05) is 13.1 Å². The van der Waals surface area contributed by atoms with Gasteiger partial charge in [0.05, 0.1) is 5.71 Å². The second-order valence-electron chi connectivity index (χ2n) is 6.29. The molecule has 1 aliphatic heterocycles. The van der Waals surface area contributed by atoms with Crippen LogP contribution in [-0.2, 0) is 5.41 Å². The molecule has 1 N–H and O–H groups in total. The third-order valence-corrected chi connectivity index (χ3v) is 3.77. The number of carbonyl (C=O) groups excluding carboxylic acids is 1. The first-order valence-electron chi connectivity index (χ1n) is 7.01. The van der Waals surface area contributed by atoms with Crippen molar-refractivity contribution in [2.24, 2.45) is 5.16 Å². The van der Waals surface area contributed by atoms with Crippen LogP contribution in [0.2, 0.25) is 0 Å². The molecule has 0 aromatic heterocycles. The fourth-order valence-corrected chi connectivity index (χ4v) is 2.36. The van der Waals surface area contributed by atoms with E-state index in [2.05, 4.69) is 25.9 Å². The van der Waals surface area contributed by atoms with Crippen LogP contribution in [0.3, 0.4) is 0 Å². The van der Waals surface area contributed by atoms with Gasteiger partial charge in [-0.1, -0.05) is 38.1 Å². The summed E-state index contributed by atoms with van der Waals surface area (Å²) in [5.41, 5.74) is 2.82. The van der Waals surface area contributed by atoms with E-state index in [4.69, 9.17) is 5.21 Å². The maximum Gasteiger partial charge on any atom is 0.253 e. The molecule has 108 valence electrons. The van der Waals surface area contributed by atoms with Gasteiger partial charge in [0.2, 0.25) is 0 Å². The Kier molecular flexibility index (Phi) is 4.12. The number of nitrogens with zero attached hydrogens (tertiary/aromatic N) is 2. The van der Waals surface area contributed by atoms with Crippen molar-refractivity contribution in [3.63, 3.8) is 0 Å². The number of hydrogen-bond donors (Lipinski definition) is 1. The third kappa shape index (κ3) is 3.18. The molecule has 0 saturated carbocycles. The normalized spacial score (nSPS) is 16.1. The van der Waals surface area contributed by atoms with Gasteiger partial charge in [-0.15, -0.1) is 0 Å². The summed E-state index contributed by atoms with van der Waals surface area (Å²) in [5, 5.41) is 12.0. The molecular weight excluding hydrogens is 252 g/mol. The van der Waals surface area contributed by atoms with E-state index in [1.54, 1.807) is 0 Å². The molecule has 0 unspecified atom stereocenters. The van der Waals surface area contributed by atoms with Crippen LogP contribution >= 0.6 is 0 Å². The molecule has 0 bridgehead atoms. The van der Waals surface area contributed by atoms with Crippen LogP contribution in [0.1, 0.15) is 49.5 Å². The van der Waals surface area contributed by atoms with E-state index in [1.165, 1.54) is 5.56 Å². The van der Waals surface area contributed by atoms with Gasteiger partial charge in [0.1, 0.15) is 0 Å². The second kappa shape index (κ2) is 5.65. The average molecular weight is 274 g/mol. The monoisotopic (exact) mass is 274 g/mol. The topological polar surface area (TPSA) is 52.9 Å². The fourth-order valence-electron chi connectivity index (χ4n) is 2.36. The van der Waals surface area contributed by atoms with Gasteiger partial charge in [0.25, 0.3) is 5.91 Å². The molecule has 1 aliphatic rings. The summed E-state index contributed by atoms with van der Waals surface area (Å²) in [4.78, 5) is 14.2. The van der Waals surface area contributed by atoms with Gasteiger partial charge in [-0.25, -0.2) is 0 Å². The molecule has 1 amide bonds. The molecule has 4 heteroatoms. The Hall–Kier alpha value is -1.84. The van der Waals surface area contributed by atoms with Crippen LogP contribution in [0.4, 0.5) is 0 Å². The molecule has 1 fully saturated rings. The molecule has 4 nitrogen and oxygen atoms in total. The van der Waals surface area contributed by atoms with E-state index >= 15 is 0 Å². The van der Waals surface area contributed by atoms with Gasteiger partial charge in [0.15, 0.2) is 0 Å². The number of piperidine rings is 1. The lowest BCUT2D eigenvalue weighted by Crippen LogP contribution is -2.38. The lowest BCUT2D eigenvalue weighted by molar-refractivity contribution is 0.0753. The first kappa shape index (κ1) is 14.6. The molecule has 0 radical (unpaired) electrons. The molecule has 1 aromatic rings. The summed E-state index contributed by atoms with van der Waals surface area (Å²) in [7, 11) is 0. The van der Waals surface area contributed by atoms with Crippen LogP contribution < -0.4 is 0 Å². The highest BCUT2D eigenvalue weighted by atomic mass is 16.4. The van der Waals surface area contributed by atoms with E-state index in [0.29, 0.717) is 25.9 Å². The van der Waals surface area contributed by atoms with Gasteiger partial charge < -0.3 is 10.1 Å². The molecule has 1 aromatic carbocycles. The van der Waals surface area contributed by atoms with Gasteiger partial charge in [-0.05, 0) is 23.1 Å². The summed E-state index contributed by atoms with van der Waals surface area (Å²) in [6.45, 7) is 7.72. The number of hydrogen-bond acceptors (Lipinski definition) is 3. The highest BCUT2D eigenvalue weighted by Gasteiger charge is 2.22. The summed E-state index contributed by atoms with van der Waals surface area (Å²) in [5.74, 6) is 0.0578. The molecule has 0 atom stereocenters. The van der Waals surface area contributed by atoms with Crippen molar-refractivity contribution in [3.8, 4) is 0 Å². The lowest BCUT2D eigenvalue weighted by atomic mass is 9.86. The summed E-state index contributed by atoms with van der Waals surface area (Å²) in [6.07, 6.45) is 1.31. The van der Waals surface area contributed by atoms with Gasteiger partial charge >= 0.3 is 0 Å². The molecule has 0 aliphatic carbocycles. The molecule has 2 rings (SSSR count). The molecule has 0 spiro atoms. The lowest BCUT2D eigenvalue weighted by Gasteiger charge is -2.27. The van der Waals surface area contributed by atoms with E-state index in [-0.39, 0.29) is 11.3 Å². The zero-order valence-corrected chi connectivity index (χ0v) is 12.4. The van der Waals surface area contributed by atoms with Gasteiger partial charge in [-0.2, -0.15) is 0 Å². The SMILES string of the molecule is CC(C)(C)c1ccc(C(=O)N2CCC(=NO)CC2)cc1. The zero-order valence-electron chi connectivity index (χ0n) is 12.4. The number of benzene rings is 1. The molecular formula is C16H22N2O2. The Balaban J connectivity index is 2.07. The average Bonchev–Trinajstić information content (AvgIpc) is 2.46. The highest BCUT2D eigenvalue weighted by Crippen LogP contribution is 2.22. The van der Waals surface area contributed by atoms with Crippen molar-refractivity contribution >= 4 is 11.6 Å². The number of amides is 1. The maximum atomic E-state index is 12.4. The fraction of sp³-hybridized carbons (Fsp3) is 0.500. The molecule has 1 saturated heterocycles. The Morgan fingerprint density at radius 1 is 1.15 bits per heavy atom. The predicted molar refractivity (Wildman–Crippen MR) is 79.5 cm³/mol. The second-order valence-corrected chi connectivity index (χ2v) is 6.29. The minimum atomic E-state index is 0.0578. The number of oxime groups is 1. The number of likely N-dealkylation sites (tertiary alicyclic amines) is 1. The van der Waals surface area contributed by atoms with E-state index in [0.717, 1.165) is 11.3 Å². The predicted octanol–water partition coefficient (Wildman–Crippen LogP) is 3.05. The first-order chi connectivity index (χ1) is 9.41. The van der Waals surface area contributed by atoms with Crippen molar-refractivity contribution < 1.29 is 10.0 Å². The van der Waals surface area contributed by atoms with Crippen LogP contribution in [0.15, 0.2) is 29.4 Å². The Morgan fingerprint density at radius 2 is 1.70 bits per heavy atom. The van der Waals surface area contributed by atoms with Gasteiger partial charge in [0, 0.05) is 31.5 Å². The minimum Gasteiger partial charge on any atom is -0.411 e. The first-order valence-corrected chi connectivity index (χ1v) is 7.01. The van der Waals surface area contributed by atoms with Crippen LogP contribution in [0.5, 0.6) is 0 Å². The van der Waals surface area contributed by atoms with Crippen LogP contribution in [0, 0.1) is 0 Å². The number of carbonyl (C=O) groups is 1. The Morgan fingerprint density at radius 3 is 2.15 bits per heavy atom. The number of rotatable bonds is 1. The van der Waals surface area contributed by atoms with Crippen LogP contribution in [-0.4, -0.2) is 34.8 Å². The highest BCUT2D eigenvalue weighted by molar-refractivity contribution is 5.96. The Labute approximate surface area is 120 Å².